The second kappa shape index (κ2) is 7.75. The molecule has 4 nitrogen and oxygen atoms in total. The Hall–Kier alpha value is -2.07. The molecule has 0 unspecified atom stereocenters. The summed E-state index contributed by atoms with van der Waals surface area (Å²) in [6, 6.07) is 8.85. The summed E-state index contributed by atoms with van der Waals surface area (Å²) < 4.78 is 6.24. The smallest absolute Gasteiger partial charge is 0.219 e. The van der Waals surface area contributed by atoms with Crippen molar-refractivity contribution in [1.29, 1.82) is 0 Å². The number of amides is 1. The molecule has 1 amide bonds. The van der Waals surface area contributed by atoms with Crippen LogP contribution in [0.1, 0.15) is 38.3 Å². The van der Waals surface area contributed by atoms with Crippen molar-refractivity contribution >= 4 is 5.91 Å². The summed E-state index contributed by atoms with van der Waals surface area (Å²) in [5.41, 5.74) is 6.15. The topological polar surface area (TPSA) is 32.8 Å². The van der Waals surface area contributed by atoms with Crippen LogP contribution >= 0.6 is 0 Å². The number of fused-ring (bicyclic) bond motifs is 1. The second-order valence-corrected chi connectivity index (χ2v) is 8.91. The van der Waals surface area contributed by atoms with Crippen LogP contribution in [0, 0.1) is 5.41 Å². The molecule has 1 heterocycles. The molecule has 3 aliphatic rings. The van der Waals surface area contributed by atoms with Crippen LogP contribution in [0.4, 0.5) is 0 Å². The molecule has 2 aliphatic carbocycles. The van der Waals surface area contributed by atoms with Gasteiger partial charge < -0.3 is 9.64 Å². The lowest BCUT2D eigenvalue weighted by Gasteiger charge is -2.37. The lowest BCUT2D eigenvalue weighted by molar-refractivity contribution is -0.130. The van der Waals surface area contributed by atoms with Gasteiger partial charge >= 0.3 is 0 Å². The van der Waals surface area contributed by atoms with Crippen molar-refractivity contribution in [2.45, 2.75) is 40.0 Å². The highest BCUT2D eigenvalue weighted by molar-refractivity contribution is 5.73. The van der Waals surface area contributed by atoms with Crippen LogP contribution in [0.15, 0.2) is 47.2 Å². The van der Waals surface area contributed by atoms with Crippen molar-refractivity contribution in [3.63, 3.8) is 0 Å². The molecule has 0 spiro atoms. The maximum absolute atomic E-state index is 11.5. The van der Waals surface area contributed by atoms with Gasteiger partial charge in [0.1, 0.15) is 6.61 Å². The molecule has 0 radical (unpaired) electrons. The first-order valence-corrected chi connectivity index (χ1v) is 10.5. The van der Waals surface area contributed by atoms with Crippen LogP contribution in [0.5, 0.6) is 0 Å². The molecule has 4 rings (SSSR count). The average Bonchev–Trinajstić information content (AvgIpc) is 2.67. The SMILES string of the molecule is CC(=O)N1CCN(CCOC2=CC(C)(C)C3=C(C2)Cc2ccccc2C3)CC1. The van der Waals surface area contributed by atoms with E-state index < -0.39 is 0 Å². The largest absolute Gasteiger partial charge is 0.497 e. The first-order valence-electron chi connectivity index (χ1n) is 10.5. The van der Waals surface area contributed by atoms with Crippen molar-refractivity contribution in [2.24, 2.45) is 5.41 Å². The molecule has 1 saturated heterocycles. The van der Waals surface area contributed by atoms with Crippen molar-refractivity contribution in [3.05, 3.63) is 58.4 Å². The molecule has 0 atom stereocenters. The Kier molecular flexibility index (Phi) is 5.33. The van der Waals surface area contributed by atoms with E-state index in [1.54, 1.807) is 18.1 Å². The minimum absolute atomic E-state index is 0.0591. The molecule has 0 aromatic heterocycles. The van der Waals surface area contributed by atoms with Crippen LogP contribution in [0.25, 0.3) is 0 Å². The normalized spacial score (nSPS) is 21.7. The quantitative estimate of drug-likeness (QED) is 0.749. The van der Waals surface area contributed by atoms with Gasteiger partial charge in [0.05, 0.1) is 5.76 Å². The predicted molar refractivity (Wildman–Crippen MR) is 112 cm³/mol. The zero-order valence-electron chi connectivity index (χ0n) is 17.5. The number of ether oxygens (including phenoxy) is 1. The van der Waals surface area contributed by atoms with Crippen molar-refractivity contribution in [3.8, 4) is 0 Å². The fourth-order valence-electron chi connectivity index (χ4n) is 4.84. The number of carbonyl (C=O) groups is 1. The first kappa shape index (κ1) is 19.3. The molecule has 28 heavy (non-hydrogen) atoms. The van der Waals surface area contributed by atoms with E-state index in [4.69, 9.17) is 4.74 Å². The highest BCUT2D eigenvalue weighted by Gasteiger charge is 2.33. The number of benzene rings is 1. The molecule has 1 aromatic rings. The van der Waals surface area contributed by atoms with Gasteiger partial charge in [-0.15, -0.1) is 0 Å². The molecule has 4 heteroatoms. The third kappa shape index (κ3) is 4.02. The van der Waals surface area contributed by atoms with Crippen LogP contribution < -0.4 is 0 Å². The van der Waals surface area contributed by atoms with Crippen molar-refractivity contribution < 1.29 is 9.53 Å². The Bertz CT molecular complexity index is 814. The van der Waals surface area contributed by atoms with Crippen molar-refractivity contribution in [1.82, 2.24) is 9.80 Å². The number of piperazine rings is 1. The monoisotopic (exact) mass is 380 g/mol. The molecule has 0 saturated carbocycles. The van der Waals surface area contributed by atoms with Gasteiger partial charge in [-0.1, -0.05) is 49.3 Å². The van der Waals surface area contributed by atoms with Gasteiger partial charge in [-0.3, -0.25) is 9.69 Å². The highest BCUT2D eigenvalue weighted by atomic mass is 16.5. The molecule has 150 valence electrons. The summed E-state index contributed by atoms with van der Waals surface area (Å²) in [7, 11) is 0. The van der Waals surface area contributed by atoms with E-state index in [0.29, 0.717) is 0 Å². The van der Waals surface area contributed by atoms with Gasteiger partial charge in [-0.25, -0.2) is 0 Å². The summed E-state index contributed by atoms with van der Waals surface area (Å²) in [6.45, 7) is 11.5. The first-order chi connectivity index (χ1) is 13.4. The van der Waals surface area contributed by atoms with Gasteiger partial charge in [0, 0.05) is 51.5 Å². The maximum Gasteiger partial charge on any atom is 0.219 e. The fraction of sp³-hybridized carbons (Fsp3) is 0.542. The summed E-state index contributed by atoms with van der Waals surface area (Å²) in [5.74, 6) is 1.31. The molecule has 1 aliphatic heterocycles. The summed E-state index contributed by atoms with van der Waals surface area (Å²) >= 11 is 0. The second-order valence-electron chi connectivity index (χ2n) is 8.91. The summed E-state index contributed by atoms with van der Waals surface area (Å²) in [5, 5.41) is 0. The van der Waals surface area contributed by atoms with E-state index in [1.165, 1.54) is 11.1 Å². The lowest BCUT2D eigenvalue weighted by atomic mass is 9.69. The number of hydrogen-bond donors (Lipinski definition) is 0. The van der Waals surface area contributed by atoms with Crippen molar-refractivity contribution in [2.75, 3.05) is 39.3 Å². The van der Waals surface area contributed by atoms with Gasteiger partial charge in [-0.05, 0) is 30.0 Å². The average molecular weight is 381 g/mol. The Morgan fingerprint density at radius 3 is 2.39 bits per heavy atom. The fourth-order valence-corrected chi connectivity index (χ4v) is 4.84. The van der Waals surface area contributed by atoms with E-state index in [2.05, 4.69) is 49.1 Å². The van der Waals surface area contributed by atoms with E-state index in [1.807, 2.05) is 4.90 Å². The zero-order valence-corrected chi connectivity index (χ0v) is 17.5. The van der Waals surface area contributed by atoms with Crippen LogP contribution in [0.3, 0.4) is 0 Å². The number of hydrogen-bond acceptors (Lipinski definition) is 3. The third-order valence-electron chi connectivity index (χ3n) is 6.52. The molecule has 0 bridgehead atoms. The van der Waals surface area contributed by atoms with E-state index in [-0.39, 0.29) is 11.3 Å². The van der Waals surface area contributed by atoms with Gasteiger partial charge in [-0.2, -0.15) is 0 Å². The maximum atomic E-state index is 11.5. The van der Waals surface area contributed by atoms with Crippen LogP contribution in [-0.4, -0.2) is 55.0 Å². The number of nitrogens with zero attached hydrogens (tertiary/aromatic N) is 2. The highest BCUT2D eigenvalue weighted by Crippen LogP contribution is 2.44. The summed E-state index contributed by atoms with van der Waals surface area (Å²) in [6.07, 6.45) is 5.42. The van der Waals surface area contributed by atoms with E-state index in [9.17, 15) is 4.79 Å². The molecule has 1 aromatic carbocycles. The summed E-state index contributed by atoms with van der Waals surface area (Å²) in [4.78, 5) is 15.8. The van der Waals surface area contributed by atoms with E-state index in [0.717, 1.165) is 64.4 Å². The number of carbonyl (C=O) groups excluding carboxylic acids is 1. The third-order valence-corrected chi connectivity index (χ3v) is 6.52. The molecular weight excluding hydrogens is 348 g/mol. The Labute approximate surface area is 168 Å². The minimum atomic E-state index is 0.0591. The van der Waals surface area contributed by atoms with E-state index >= 15 is 0 Å². The zero-order chi connectivity index (χ0) is 19.7. The van der Waals surface area contributed by atoms with Gasteiger partial charge in [0.25, 0.3) is 0 Å². The predicted octanol–water partition coefficient (Wildman–Crippen LogP) is 3.58. The number of allylic oxidation sites excluding steroid dienone is 3. The van der Waals surface area contributed by atoms with Crippen LogP contribution in [0.2, 0.25) is 0 Å². The Balaban J connectivity index is 1.32. The molecule has 0 N–H and O–H groups in total. The Morgan fingerprint density at radius 2 is 1.71 bits per heavy atom. The van der Waals surface area contributed by atoms with Crippen LogP contribution in [-0.2, 0) is 22.4 Å². The minimum Gasteiger partial charge on any atom is -0.497 e. The lowest BCUT2D eigenvalue weighted by Crippen LogP contribution is -2.48. The standard InChI is InChI=1S/C24H32N2O2/c1-18(27)26-10-8-25(9-11-26)12-13-28-22-15-21-14-19-6-4-5-7-20(19)16-23(21)24(2,3)17-22/h4-7,17H,8-16H2,1-3H3. The van der Waals surface area contributed by atoms with Gasteiger partial charge in [0.2, 0.25) is 5.91 Å². The molecular formula is C24H32N2O2. The molecule has 1 fully saturated rings. The number of rotatable bonds is 4. The Morgan fingerprint density at radius 1 is 1.04 bits per heavy atom. The van der Waals surface area contributed by atoms with Gasteiger partial charge in [0.15, 0.2) is 0 Å².